The van der Waals surface area contributed by atoms with Crippen molar-refractivity contribution in [1.29, 1.82) is 0 Å². The Morgan fingerprint density at radius 2 is 2.38 bits per heavy atom. The van der Waals surface area contributed by atoms with Crippen LogP contribution in [0.3, 0.4) is 0 Å². The Morgan fingerprint density at radius 1 is 1.50 bits per heavy atom. The normalized spacial score (nSPS) is 16.3. The fraction of sp³-hybridized carbons (Fsp3) is 0.417. The predicted molar refractivity (Wildman–Crippen MR) is 63.7 cm³/mol. The lowest BCUT2D eigenvalue weighted by Crippen LogP contribution is -2.51. The molecule has 84 valence electrons. The fourth-order valence-corrected chi connectivity index (χ4v) is 1.84. The first-order chi connectivity index (χ1) is 7.85. The number of aromatic nitrogens is 1. The largest absolute Gasteiger partial charge is 0.441 e. The second kappa shape index (κ2) is 3.79. The van der Waals surface area contributed by atoms with Crippen molar-refractivity contribution in [2.45, 2.75) is 19.4 Å². The number of anilines is 1. The van der Waals surface area contributed by atoms with E-state index in [-0.39, 0.29) is 0 Å². The first-order valence-electron chi connectivity index (χ1n) is 5.72. The molecule has 16 heavy (non-hydrogen) atoms. The maximum Gasteiger partial charge on any atom is 0.195 e. The van der Waals surface area contributed by atoms with Gasteiger partial charge < -0.3 is 15.1 Å². The average Bonchev–Trinajstić information content (AvgIpc) is 2.65. The predicted octanol–water partition coefficient (Wildman–Crippen LogP) is 1.77. The number of hydrogen-bond donors (Lipinski definition) is 2. The van der Waals surface area contributed by atoms with Crippen LogP contribution < -0.4 is 10.6 Å². The Morgan fingerprint density at radius 3 is 3.06 bits per heavy atom. The lowest BCUT2D eigenvalue weighted by Gasteiger charge is -2.28. The van der Waals surface area contributed by atoms with Gasteiger partial charge in [-0.25, -0.2) is 4.98 Å². The van der Waals surface area contributed by atoms with Crippen molar-refractivity contribution in [3.05, 3.63) is 24.1 Å². The topological polar surface area (TPSA) is 50.1 Å². The van der Waals surface area contributed by atoms with E-state index in [4.69, 9.17) is 4.42 Å². The van der Waals surface area contributed by atoms with E-state index < -0.39 is 0 Å². The number of aryl methyl sites for hydroxylation is 1. The minimum atomic E-state index is 0.551. The van der Waals surface area contributed by atoms with Gasteiger partial charge in [0.05, 0.1) is 6.04 Å². The minimum Gasteiger partial charge on any atom is -0.441 e. The number of nitrogens with zero attached hydrogens (tertiary/aromatic N) is 1. The van der Waals surface area contributed by atoms with Crippen LogP contribution in [0.25, 0.3) is 11.1 Å². The molecule has 0 saturated carbocycles. The molecule has 1 aliphatic rings. The van der Waals surface area contributed by atoms with Crippen molar-refractivity contribution in [1.82, 2.24) is 10.3 Å². The van der Waals surface area contributed by atoms with Gasteiger partial charge in [-0.2, -0.15) is 0 Å². The van der Waals surface area contributed by atoms with Gasteiger partial charge in [-0.15, -0.1) is 0 Å². The number of oxazole rings is 1. The van der Waals surface area contributed by atoms with E-state index in [1.165, 1.54) is 0 Å². The van der Waals surface area contributed by atoms with Crippen molar-refractivity contribution in [2.24, 2.45) is 0 Å². The summed E-state index contributed by atoms with van der Waals surface area (Å²) in [4.78, 5) is 4.42. The number of hydrogen-bond acceptors (Lipinski definition) is 4. The molecule has 0 amide bonds. The summed E-state index contributed by atoms with van der Waals surface area (Å²) in [6.45, 7) is 4.12. The zero-order valence-corrected chi connectivity index (χ0v) is 9.29. The van der Waals surface area contributed by atoms with E-state index >= 15 is 0 Å². The van der Waals surface area contributed by atoms with Crippen LogP contribution in [0.15, 0.2) is 22.6 Å². The van der Waals surface area contributed by atoms with Gasteiger partial charge in [0.1, 0.15) is 5.52 Å². The zero-order valence-electron chi connectivity index (χ0n) is 9.29. The minimum absolute atomic E-state index is 0.551. The van der Waals surface area contributed by atoms with Gasteiger partial charge in [0.25, 0.3) is 0 Å². The second-order valence-electron chi connectivity index (χ2n) is 4.14. The fourth-order valence-electron chi connectivity index (χ4n) is 1.84. The van der Waals surface area contributed by atoms with Gasteiger partial charge >= 0.3 is 0 Å². The van der Waals surface area contributed by atoms with Gasteiger partial charge in [-0.1, -0.05) is 6.92 Å². The Balaban J connectivity index is 1.88. The molecular weight excluding hydrogens is 202 g/mol. The smallest absolute Gasteiger partial charge is 0.195 e. The van der Waals surface area contributed by atoms with Crippen LogP contribution in [0, 0.1) is 0 Å². The highest BCUT2D eigenvalue weighted by atomic mass is 16.3. The van der Waals surface area contributed by atoms with E-state index in [0.717, 1.165) is 42.2 Å². The van der Waals surface area contributed by atoms with Gasteiger partial charge in [-0.3, -0.25) is 0 Å². The highest BCUT2D eigenvalue weighted by Crippen LogP contribution is 2.21. The molecule has 4 nitrogen and oxygen atoms in total. The highest BCUT2D eigenvalue weighted by molar-refractivity contribution is 5.77. The quantitative estimate of drug-likeness (QED) is 0.822. The molecular formula is C12H15N3O. The van der Waals surface area contributed by atoms with E-state index in [2.05, 4.69) is 21.7 Å². The molecule has 0 spiro atoms. The molecule has 1 saturated heterocycles. The third-order valence-electron chi connectivity index (χ3n) is 2.89. The highest BCUT2D eigenvalue weighted by Gasteiger charge is 2.16. The molecule has 0 unspecified atom stereocenters. The van der Waals surface area contributed by atoms with Crippen LogP contribution in [0.4, 0.5) is 5.69 Å². The molecule has 0 aliphatic carbocycles. The van der Waals surface area contributed by atoms with Crippen molar-refractivity contribution < 1.29 is 4.42 Å². The summed E-state index contributed by atoms with van der Waals surface area (Å²) < 4.78 is 5.57. The Hall–Kier alpha value is -1.55. The Labute approximate surface area is 94.0 Å². The van der Waals surface area contributed by atoms with Crippen molar-refractivity contribution in [3.63, 3.8) is 0 Å². The third kappa shape index (κ3) is 1.65. The standard InChI is InChI=1S/C12H15N3O/c1-2-12-15-10-5-8(3-4-11(10)16-12)14-9-6-13-7-9/h3-5,9,13-14H,2,6-7H2,1H3. The summed E-state index contributed by atoms with van der Waals surface area (Å²) in [5.41, 5.74) is 2.93. The summed E-state index contributed by atoms with van der Waals surface area (Å²) in [6, 6.07) is 6.63. The molecule has 2 aromatic rings. The summed E-state index contributed by atoms with van der Waals surface area (Å²) in [5.74, 6) is 0.803. The molecule has 0 bridgehead atoms. The Bertz CT molecular complexity index is 502. The first kappa shape index (κ1) is 9.66. The van der Waals surface area contributed by atoms with Crippen molar-refractivity contribution in [3.8, 4) is 0 Å². The van der Waals surface area contributed by atoms with Crippen LogP contribution in [0.2, 0.25) is 0 Å². The lowest BCUT2D eigenvalue weighted by molar-refractivity contribution is 0.472. The Kier molecular flexibility index (Phi) is 2.29. The lowest BCUT2D eigenvalue weighted by atomic mass is 10.1. The molecule has 3 rings (SSSR count). The van der Waals surface area contributed by atoms with Gasteiger partial charge in [0.15, 0.2) is 11.5 Å². The summed E-state index contributed by atoms with van der Waals surface area (Å²) >= 11 is 0. The average molecular weight is 217 g/mol. The number of fused-ring (bicyclic) bond motifs is 1. The van der Waals surface area contributed by atoms with Gasteiger partial charge in [-0.05, 0) is 18.2 Å². The van der Waals surface area contributed by atoms with Crippen LogP contribution in [0.1, 0.15) is 12.8 Å². The molecule has 0 atom stereocenters. The van der Waals surface area contributed by atoms with Gasteiger partial charge in [0, 0.05) is 25.2 Å². The zero-order chi connectivity index (χ0) is 11.0. The van der Waals surface area contributed by atoms with Crippen LogP contribution in [-0.2, 0) is 6.42 Å². The molecule has 2 heterocycles. The van der Waals surface area contributed by atoms with Crippen molar-refractivity contribution >= 4 is 16.8 Å². The van der Waals surface area contributed by atoms with Crippen LogP contribution in [-0.4, -0.2) is 24.1 Å². The molecule has 4 heteroatoms. The first-order valence-corrected chi connectivity index (χ1v) is 5.72. The second-order valence-corrected chi connectivity index (χ2v) is 4.14. The molecule has 1 aromatic heterocycles. The van der Waals surface area contributed by atoms with Crippen molar-refractivity contribution in [2.75, 3.05) is 18.4 Å². The third-order valence-corrected chi connectivity index (χ3v) is 2.89. The van der Waals surface area contributed by atoms with E-state index in [0.29, 0.717) is 6.04 Å². The molecule has 2 N–H and O–H groups in total. The molecule has 1 fully saturated rings. The number of rotatable bonds is 3. The van der Waals surface area contributed by atoms with Gasteiger partial charge in [0.2, 0.25) is 0 Å². The number of nitrogens with one attached hydrogen (secondary N) is 2. The summed E-state index contributed by atoms with van der Waals surface area (Å²) in [7, 11) is 0. The van der Waals surface area contributed by atoms with Crippen LogP contribution in [0.5, 0.6) is 0 Å². The maximum atomic E-state index is 5.57. The maximum absolute atomic E-state index is 5.57. The monoisotopic (exact) mass is 217 g/mol. The SMILES string of the molecule is CCc1nc2cc(NC3CNC3)ccc2o1. The van der Waals surface area contributed by atoms with E-state index in [9.17, 15) is 0 Å². The molecule has 1 aliphatic heterocycles. The molecule has 1 aromatic carbocycles. The molecule has 0 radical (unpaired) electrons. The number of benzene rings is 1. The van der Waals surface area contributed by atoms with E-state index in [1.807, 2.05) is 19.1 Å². The summed E-state index contributed by atoms with van der Waals surface area (Å²) in [6.07, 6.45) is 0.837. The van der Waals surface area contributed by atoms with Crippen LogP contribution >= 0.6 is 0 Å². The van der Waals surface area contributed by atoms with E-state index in [1.54, 1.807) is 0 Å². The summed E-state index contributed by atoms with van der Waals surface area (Å²) in [5, 5.41) is 6.69.